The fourth-order valence-corrected chi connectivity index (χ4v) is 0.978. The average Bonchev–Trinajstić information content (AvgIpc) is 2.16. The molecule has 0 aromatic carbocycles. The van der Waals surface area contributed by atoms with E-state index in [4.69, 9.17) is 5.11 Å². The van der Waals surface area contributed by atoms with Crippen molar-refractivity contribution in [3.63, 3.8) is 0 Å². The molecule has 2 N–H and O–H groups in total. The van der Waals surface area contributed by atoms with Crippen molar-refractivity contribution in [1.82, 2.24) is 9.88 Å². The van der Waals surface area contributed by atoms with Crippen molar-refractivity contribution in [3.8, 4) is 0 Å². The molecule has 1 aromatic heterocycles. The summed E-state index contributed by atoms with van der Waals surface area (Å²) < 4.78 is 0. The standard InChI is InChI=1S/C9H11N3O3/c1-12(2)8(13)7-5-6(3-4-10-7)11-9(14)15/h3-5H,1-2H3,(H,10,11)(H,14,15). The van der Waals surface area contributed by atoms with Crippen LogP contribution in [-0.2, 0) is 0 Å². The Morgan fingerprint density at radius 1 is 1.47 bits per heavy atom. The van der Waals surface area contributed by atoms with Gasteiger partial charge < -0.3 is 10.0 Å². The number of carbonyl (C=O) groups is 2. The van der Waals surface area contributed by atoms with Gasteiger partial charge in [-0.15, -0.1) is 0 Å². The maximum Gasteiger partial charge on any atom is 0.409 e. The monoisotopic (exact) mass is 209 g/mol. The maximum atomic E-state index is 11.5. The summed E-state index contributed by atoms with van der Waals surface area (Å²) in [4.78, 5) is 27.0. The van der Waals surface area contributed by atoms with Crippen LogP contribution in [0.3, 0.4) is 0 Å². The molecule has 0 aliphatic carbocycles. The predicted molar refractivity (Wildman–Crippen MR) is 53.9 cm³/mol. The molecule has 0 aliphatic heterocycles. The molecule has 15 heavy (non-hydrogen) atoms. The lowest BCUT2D eigenvalue weighted by atomic mass is 10.3. The van der Waals surface area contributed by atoms with Crippen LogP contribution < -0.4 is 5.32 Å². The number of hydrogen-bond donors (Lipinski definition) is 2. The van der Waals surface area contributed by atoms with E-state index in [-0.39, 0.29) is 11.6 Å². The summed E-state index contributed by atoms with van der Waals surface area (Å²) in [6.07, 6.45) is 0.201. The summed E-state index contributed by atoms with van der Waals surface area (Å²) in [5, 5.41) is 10.6. The number of carbonyl (C=O) groups excluding carboxylic acids is 1. The van der Waals surface area contributed by atoms with E-state index < -0.39 is 6.09 Å². The molecule has 2 amide bonds. The largest absolute Gasteiger partial charge is 0.465 e. The minimum atomic E-state index is -1.18. The Kier molecular flexibility index (Phi) is 3.22. The zero-order valence-corrected chi connectivity index (χ0v) is 8.39. The number of rotatable bonds is 2. The molecular weight excluding hydrogens is 198 g/mol. The smallest absolute Gasteiger partial charge is 0.409 e. The first kappa shape index (κ1) is 11.0. The molecule has 0 bridgehead atoms. The highest BCUT2D eigenvalue weighted by atomic mass is 16.4. The van der Waals surface area contributed by atoms with Gasteiger partial charge in [0.25, 0.3) is 5.91 Å². The second kappa shape index (κ2) is 4.41. The van der Waals surface area contributed by atoms with Gasteiger partial charge in [0.1, 0.15) is 5.69 Å². The number of nitrogens with zero attached hydrogens (tertiary/aromatic N) is 2. The van der Waals surface area contributed by atoms with Crippen molar-refractivity contribution in [3.05, 3.63) is 24.0 Å². The lowest BCUT2D eigenvalue weighted by Gasteiger charge is -2.09. The summed E-state index contributed by atoms with van der Waals surface area (Å²) in [6.45, 7) is 0. The number of hydrogen-bond acceptors (Lipinski definition) is 3. The molecule has 0 saturated carbocycles. The molecule has 1 aromatic rings. The lowest BCUT2D eigenvalue weighted by molar-refractivity contribution is 0.0822. The highest BCUT2D eigenvalue weighted by Crippen LogP contribution is 2.08. The van der Waals surface area contributed by atoms with E-state index in [0.29, 0.717) is 5.69 Å². The first-order chi connectivity index (χ1) is 7.00. The fraction of sp³-hybridized carbons (Fsp3) is 0.222. The van der Waals surface area contributed by atoms with Crippen LogP contribution in [0, 0.1) is 0 Å². The summed E-state index contributed by atoms with van der Waals surface area (Å²) >= 11 is 0. The second-order valence-corrected chi connectivity index (χ2v) is 3.06. The summed E-state index contributed by atoms with van der Waals surface area (Å²) in [7, 11) is 3.20. The van der Waals surface area contributed by atoms with Gasteiger partial charge >= 0.3 is 6.09 Å². The SMILES string of the molecule is CN(C)C(=O)c1cc(NC(=O)O)ccn1. The van der Waals surface area contributed by atoms with Crippen LogP contribution in [0.5, 0.6) is 0 Å². The molecule has 1 rings (SSSR count). The number of pyridine rings is 1. The number of amides is 2. The zero-order valence-electron chi connectivity index (χ0n) is 8.39. The minimum Gasteiger partial charge on any atom is -0.465 e. The topological polar surface area (TPSA) is 82.5 Å². The van der Waals surface area contributed by atoms with Gasteiger partial charge in [-0.25, -0.2) is 4.79 Å². The van der Waals surface area contributed by atoms with Crippen molar-refractivity contribution in [2.75, 3.05) is 19.4 Å². The molecule has 80 valence electrons. The van der Waals surface area contributed by atoms with Crippen LogP contribution in [0.2, 0.25) is 0 Å². The fourth-order valence-electron chi connectivity index (χ4n) is 0.978. The van der Waals surface area contributed by atoms with Gasteiger partial charge in [-0.1, -0.05) is 0 Å². The molecule has 0 spiro atoms. The molecular formula is C9H11N3O3. The number of aromatic nitrogens is 1. The Bertz CT molecular complexity index is 390. The second-order valence-electron chi connectivity index (χ2n) is 3.06. The van der Waals surface area contributed by atoms with Gasteiger partial charge in [-0.3, -0.25) is 15.1 Å². The molecule has 0 saturated heterocycles. The van der Waals surface area contributed by atoms with Gasteiger partial charge in [0.2, 0.25) is 0 Å². The molecule has 6 nitrogen and oxygen atoms in total. The highest BCUT2D eigenvalue weighted by Gasteiger charge is 2.10. The third-order valence-electron chi connectivity index (χ3n) is 1.64. The first-order valence-electron chi connectivity index (χ1n) is 4.18. The summed E-state index contributed by atoms with van der Waals surface area (Å²) in [5.74, 6) is -0.274. The van der Waals surface area contributed by atoms with E-state index in [1.807, 2.05) is 0 Å². The Morgan fingerprint density at radius 3 is 2.67 bits per heavy atom. The van der Waals surface area contributed by atoms with Gasteiger partial charge in [-0.05, 0) is 12.1 Å². The molecule has 1 heterocycles. The van der Waals surface area contributed by atoms with Crippen LogP contribution >= 0.6 is 0 Å². The van der Waals surface area contributed by atoms with E-state index in [0.717, 1.165) is 0 Å². The van der Waals surface area contributed by atoms with Crippen LogP contribution in [0.15, 0.2) is 18.3 Å². The maximum absolute atomic E-state index is 11.5. The van der Waals surface area contributed by atoms with Gasteiger partial charge in [0, 0.05) is 26.0 Å². The normalized spacial score (nSPS) is 9.47. The Balaban J connectivity index is 2.92. The predicted octanol–water partition coefficient (Wildman–Crippen LogP) is 0.873. The summed E-state index contributed by atoms with van der Waals surface area (Å²) in [5.41, 5.74) is 0.522. The zero-order chi connectivity index (χ0) is 11.4. The highest BCUT2D eigenvalue weighted by molar-refractivity contribution is 5.93. The van der Waals surface area contributed by atoms with E-state index in [9.17, 15) is 9.59 Å². The van der Waals surface area contributed by atoms with Gasteiger partial charge in [0.05, 0.1) is 0 Å². The minimum absolute atomic E-state index is 0.200. The van der Waals surface area contributed by atoms with Crippen molar-refractivity contribution < 1.29 is 14.7 Å². The third kappa shape index (κ3) is 2.94. The van der Waals surface area contributed by atoms with Crippen LogP contribution in [0.4, 0.5) is 10.5 Å². The van der Waals surface area contributed by atoms with E-state index in [1.54, 1.807) is 14.1 Å². The van der Waals surface area contributed by atoms with Crippen molar-refractivity contribution in [2.24, 2.45) is 0 Å². The first-order valence-corrected chi connectivity index (χ1v) is 4.18. The molecule has 0 radical (unpaired) electrons. The average molecular weight is 209 g/mol. The quantitative estimate of drug-likeness (QED) is 0.757. The molecule has 0 aliphatic rings. The van der Waals surface area contributed by atoms with E-state index in [1.165, 1.54) is 23.2 Å². The van der Waals surface area contributed by atoms with Crippen LogP contribution in [0.25, 0.3) is 0 Å². The van der Waals surface area contributed by atoms with Gasteiger partial charge in [-0.2, -0.15) is 0 Å². The Hall–Kier alpha value is -2.11. The van der Waals surface area contributed by atoms with Crippen LogP contribution in [0.1, 0.15) is 10.5 Å². The van der Waals surface area contributed by atoms with Crippen molar-refractivity contribution in [1.29, 1.82) is 0 Å². The van der Waals surface area contributed by atoms with Crippen molar-refractivity contribution >= 4 is 17.7 Å². The van der Waals surface area contributed by atoms with Crippen molar-refractivity contribution in [2.45, 2.75) is 0 Å². The van der Waals surface area contributed by atoms with Gasteiger partial charge in [0.15, 0.2) is 0 Å². The summed E-state index contributed by atoms with van der Waals surface area (Å²) in [6, 6.07) is 2.86. The Morgan fingerprint density at radius 2 is 2.13 bits per heavy atom. The number of anilines is 1. The number of nitrogens with one attached hydrogen (secondary N) is 1. The van der Waals surface area contributed by atoms with Crippen LogP contribution in [-0.4, -0.2) is 41.1 Å². The molecule has 0 unspecified atom stereocenters. The van der Waals surface area contributed by atoms with E-state index >= 15 is 0 Å². The third-order valence-corrected chi connectivity index (χ3v) is 1.64. The van der Waals surface area contributed by atoms with E-state index in [2.05, 4.69) is 10.3 Å². The molecule has 0 atom stereocenters. The molecule has 6 heteroatoms. The number of carboxylic acid groups (broad SMARTS) is 1. The Labute approximate surface area is 86.5 Å². The molecule has 0 fully saturated rings. The lowest BCUT2D eigenvalue weighted by Crippen LogP contribution is -2.23.